The molecule has 3 aromatic rings. The van der Waals surface area contributed by atoms with E-state index in [1.54, 1.807) is 44.2 Å². The average molecular weight is 445 g/mol. The first-order valence-corrected chi connectivity index (χ1v) is 9.83. The van der Waals surface area contributed by atoms with E-state index in [9.17, 15) is 18.7 Å². The maximum absolute atomic E-state index is 14.7. The third kappa shape index (κ3) is 5.31. The Bertz CT molecular complexity index is 1090. The van der Waals surface area contributed by atoms with Gasteiger partial charge in [-0.05, 0) is 44.3 Å². The van der Waals surface area contributed by atoms with E-state index in [0.717, 1.165) is 12.1 Å². The minimum absolute atomic E-state index is 0.0679. The van der Waals surface area contributed by atoms with Crippen LogP contribution in [0.15, 0.2) is 59.3 Å². The van der Waals surface area contributed by atoms with Crippen molar-refractivity contribution in [3.63, 3.8) is 0 Å². The molecule has 2 aromatic carbocycles. The van der Waals surface area contributed by atoms with Crippen molar-refractivity contribution in [2.24, 2.45) is 0 Å². The minimum Gasteiger partial charge on any atom is -0.388 e. The molecule has 1 heterocycles. The van der Waals surface area contributed by atoms with Gasteiger partial charge in [0.25, 0.3) is 5.91 Å². The summed E-state index contributed by atoms with van der Waals surface area (Å²) in [5, 5.41) is 19.9. The number of benzene rings is 2. The summed E-state index contributed by atoms with van der Waals surface area (Å²) in [6.45, 7) is 3.26. The Morgan fingerprint density at radius 3 is 2.58 bits per heavy atom. The Balaban J connectivity index is 1.87. The van der Waals surface area contributed by atoms with Crippen LogP contribution in [0.25, 0.3) is 0 Å². The van der Waals surface area contributed by atoms with Crippen molar-refractivity contribution in [1.29, 1.82) is 0 Å². The number of nitrogens with one attached hydrogen (secondary N) is 2. The summed E-state index contributed by atoms with van der Waals surface area (Å²) in [6.07, 6.45) is 0.136. The van der Waals surface area contributed by atoms with E-state index in [4.69, 9.17) is 16.7 Å². The molecule has 3 N–H and O–H groups in total. The van der Waals surface area contributed by atoms with Crippen LogP contribution in [-0.2, 0) is 5.54 Å². The van der Waals surface area contributed by atoms with E-state index < -0.39 is 29.2 Å². The van der Waals surface area contributed by atoms with Crippen LogP contribution in [-0.4, -0.2) is 21.3 Å². The minimum atomic E-state index is -1.30. The van der Waals surface area contributed by atoms with E-state index >= 15 is 0 Å². The molecule has 3 rings (SSSR count). The summed E-state index contributed by atoms with van der Waals surface area (Å²) in [7, 11) is 0. The summed E-state index contributed by atoms with van der Waals surface area (Å²) in [5.74, 6) is -2.00. The van der Waals surface area contributed by atoms with Crippen LogP contribution >= 0.6 is 12.2 Å². The molecule has 0 saturated heterocycles. The van der Waals surface area contributed by atoms with Crippen molar-refractivity contribution in [2.45, 2.75) is 31.9 Å². The van der Waals surface area contributed by atoms with Gasteiger partial charge in [0.15, 0.2) is 5.11 Å². The number of aromatic nitrogens is 1. The number of nitrogens with zero attached hydrogens (tertiary/aromatic N) is 1. The maximum Gasteiger partial charge on any atom is 0.257 e. The number of carbonyl (C=O) groups is 1. The fourth-order valence-corrected chi connectivity index (χ4v) is 3.65. The van der Waals surface area contributed by atoms with Gasteiger partial charge < -0.3 is 14.9 Å². The summed E-state index contributed by atoms with van der Waals surface area (Å²) in [4.78, 5) is 12.4. The van der Waals surface area contributed by atoms with Gasteiger partial charge in [-0.1, -0.05) is 29.4 Å². The molecule has 1 amide bonds. The fraction of sp³-hybridized carbons (Fsp3) is 0.227. The lowest BCUT2D eigenvalue weighted by Crippen LogP contribution is -2.50. The lowest BCUT2D eigenvalue weighted by atomic mass is 9.84. The summed E-state index contributed by atoms with van der Waals surface area (Å²) >= 11 is 5.27. The van der Waals surface area contributed by atoms with Crippen LogP contribution in [0.1, 0.15) is 46.6 Å². The molecule has 0 bridgehead atoms. The molecule has 9 heteroatoms. The highest BCUT2D eigenvalue weighted by molar-refractivity contribution is 7.80. The molecule has 0 fully saturated rings. The van der Waals surface area contributed by atoms with E-state index in [1.807, 2.05) is 0 Å². The first kappa shape index (κ1) is 22.5. The molecular weight excluding hydrogens is 424 g/mol. The van der Waals surface area contributed by atoms with E-state index in [2.05, 4.69) is 15.8 Å². The molecule has 2 unspecified atom stereocenters. The van der Waals surface area contributed by atoms with Crippen LogP contribution in [0.2, 0.25) is 0 Å². The predicted molar refractivity (Wildman–Crippen MR) is 114 cm³/mol. The molecule has 6 nitrogen and oxygen atoms in total. The third-order valence-corrected chi connectivity index (χ3v) is 5.13. The van der Waals surface area contributed by atoms with Gasteiger partial charge in [-0.2, -0.15) is 0 Å². The van der Waals surface area contributed by atoms with Crippen molar-refractivity contribution in [3.05, 3.63) is 88.8 Å². The van der Waals surface area contributed by atoms with Crippen LogP contribution in [0.4, 0.5) is 8.78 Å². The number of thiocarbonyl (C=S) groups is 1. The Hall–Kier alpha value is -3.17. The summed E-state index contributed by atoms with van der Waals surface area (Å²) < 4.78 is 33.0. The zero-order valence-electron chi connectivity index (χ0n) is 16.9. The van der Waals surface area contributed by atoms with Gasteiger partial charge in [0, 0.05) is 29.2 Å². The molecule has 0 radical (unpaired) electrons. The summed E-state index contributed by atoms with van der Waals surface area (Å²) in [6, 6.07) is 11.6. The SMILES string of the molecule is Cc1nocc1C(O)CC(C)(NC(=S)NC(=O)c1ccccc1)c1ccc(F)cc1F. The Kier molecular flexibility index (Phi) is 6.77. The molecule has 0 aliphatic rings. The van der Waals surface area contributed by atoms with Gasteiger partial charge in [-0.15, -0.1) is 0 Å². The predicted octanol–water partition coefficient (Wildman–Crippen LogP) is 3.90. The van der Waals surface area contributed by atoms with Crippen LogP contribution in [0.3, 0.4) is 0 Å². The van der Waals surface area contributed by atoms with Gasteiger partial charge in [0.2, 0.25) is 0 Å². The second-order valence-electron chi connectivity index (χ2n) is 7.31. The van der Waals surface area contributed by atoms with Gasteiger partial charge in [0.1, 0.15) is 17.9 Å². The van der Waals surface area contributed by atoms with Crippen molar-refractivity contribution in [3.8, 4) is 0 Å². The zero-order valence-corrected chi connectivity index (χ0v) is 17.7. The number of aryl methyl sites for hydroxylation is 1. The smallest absolute Gasteiger partial charge is 0.257 e. The second-order valence-corrected chi connectivity index (χ2v) is 7.71. The Labute approximate surface area is 183 Å². The number of carbonyl (C=O) groups excluding carboxylic acids is 1. The van der Waals surface area contributed by atoms with Crippen molar-refractivity contribution < 1.29 is 23.2 Å². The quantitative estimate of drug-likeness (QED) is 0.499. The van der Waals surface area contributed by atoms with Crippen molar-refractivity contribution in [2.75, 3.05) is 0 Å². The molecule has 1 aromatic heterocycles. The molecule has 0 aliphatic carbocycles. The lowest BCUT2D eigenvalue weighted by molar-refractivity contribution is 0.0974. The zero-order chi connectivity index (χ0) is 22.6. The van der Waals surface area contributed by atoms with Gasteiger partial charge >= 0.3 is 0 Å². The normalized spacial score (nSPS) is 13.8. The molecule has 31 heavy (non-hydrogen) atoms. The molecule has 0 aliphatic heterocycles. The third-order valence-electron chi connectivity index (χ3n) is 4.93. The molecular formula is C22H21F2N3O3S. The van der Waals surface area contributed by atoms with Crippen molar-refractivity contribution >= 4 is 23.2 Å². The number of halogens is 2. The van der Waals surface area contributed by atoms with E-state index in [1.165, 1.54) is 12.3 Å². The number of aliphatic hydroxyl groups excluding tert-OH is 1. The van der Waals surface area contributed by atoms with Crippen LogP contribution in [0.5, 0.6) is 0 Å². The Morgan fingerprint density at radius 2 is 1.97 bits per heavy atom. The molecule has 0 spiro atoms. The largest absolute Gasteiger partial charge is 0.388 e. The number of aliphatic hydroxyl groups is 1. The second kappa shape index (κ2) is 9.32. The molecule has 162 valence electrons. The lowest BCUT2D eigenvalue weighted by Gasteiger charge is -2.34. The topological polar surface area (TPSA) is 87.4 Å². The van der Waals surface area contributed by atoms with Crippen molar-refractivity contribution in [1.82, 2.24) is 15.8 Å². The van der Waals surface area contributed by atoms with Gasteiger partial charge in [-0.25, -0.2) is 8.78 Å². The Morgan fingerprint density at radius 1 is 1.26 bits per heavy atom. The standard InChI is InChI=1S/C22H21F2N3O3S/c1-13-16(12-30-27-13)19(28)11-22(2,17-9-8-15(23)10-18(17)24)26-21(31)25-20(29)14-6-4-3-5-7-14/h3-10,12,19,28H,11H2,1-2H3,(H2,25,26,29,31). The van der Waals surface area contributed by atoms with E-state index in [0.29, 0.717) is 16.8 Å². The van der Waals surface area contributed by atoms with Gasteiger partial charge in [0.05, 0.1) is 17.3 Å². The number of hydrogen-bond donors (Lipinski definition) is 3. The number of amides is 1. The highest BCUT2D eigenvalue weighted by atomic mass is 32.1. The maximum atomic E-state index is 14.7. The number of hydrogen-bond acceptors (Lipinski definition) is 5. The first-order valence-electron chi connectivity index (χ1n) is 9.42. The average Bonchev–Trinajstić information content (AvgIpc) is 3.14. The van der Waals surface area contributed by atoms with Crippen LogP contribution in [0, 0.1) is 18.6 Å². The highest BCUT2D eigenvalue weighted by Gasteiger charge is 2.35. The van der Waals surface area contributed by atoms with E-state index in [-0.39, 0.29) is 17.1 Å². The molecule has 2 atom stereocenters. The number of rotatable bonds is 6. The van der Waals surface area contributed by atoms with Crippen LogP contribution < -0.4 is 10.6 Å². The van der Waals surface area contributed by atoms with Gasteiger partial charge in [-0.3, -0.25) is 10.1 Å². The first-order chi connectivity index (χ1) is 14.7. The monoisotopic (exact) mass is 445 g/mol. The fourth-order valence-electron chi connectivity index (χ4n) is 3.33. The summed E-state index contributed by atoms with van der Waals surface area (Å²) in [5.41, 5.74) is 0.0612. The highest BCUT2D eigenvalue weighted by Crippen LogP contribution is 2.34. The molecule has 0 saturated carbocycles.